The molecule has 1 aliphatic rings. The lowest BCUT2D eigenvalue weighted by Gasteiger charge is -2.26. The van der Waals surface area contributed by atoms with Crippen molar-refractivity contribution in [3.05, 3.63) is 66.2 Å². The molecule has 0 amide bonds. The molecule has 1 aromatic heterocycles. The van der Waals surface area contributed by atoms with Crippen LogP contribution in [0.3, 0.4) is 0 Å². The number of thioether (sulfide) groups is 1. The van der Waals surface area contributed by atoms with E-state index in [0.29, 0.717) is 0 Å². The predicted molar refractivity (Wildman–Crippen MR) is 109 cm³/mol. The van der Waals surface area contributed by atoms with Crippen LogP contribution in [-0.4, -0.2) is 58.3 Å². The van der Waals surface area contributed by atoms with Crippen molar-refractivity contribution >= 4 is 11.8 Å². The van der Waals surface area contributed by atoms with Gasteiger partial charge in [-0.05, 0) is 5.56 Å². The molecule has 6 heteroatoms. The van der Waals surface area contributed by atoms with Gasteiger partial charge in [-0.2, -0.15) is 0 Å². The smallest absolute Gasteiger partial charge is 0.191 e. The van der Waals surface area contributed by atoms with Crippen LogP contribution in [0.1, 0.15) is 5.56 Å². The van der Waals surface area contributed by atoms with Crippen molar-refractivity contribution in [1.29, 1.82) is 0 Å². The first-order chi connectivity index (χ1) is 13.4. The maximum atomic E-state index is 5.43. The van der Waals surface area contributed by atoms with Gasteiger partial charge in [-0.1, -0.05) is 72.4 Å². The summed E-state index contributed by atoms with van der Waals surface area (Å²) in [5.41, 5.74) is 2.35. The van der Waals surface area contributed by atoms with E-state index in [1.165, 1.54) is 5.56 Å². The van der Waals surface area contributed by atoms with Crippen molar-refractivity contribution < 1.29 is 4.74 Å². The van der Waals surface area contributed by atoms with E-state index >= 15 is 0 Å². The van der Waals surface area contributed by atoms with E-state index in [2.05, 4.69) is 56.1 Å². The van der Waals surface area contributed by atoms with Crippen LogP contribution in [0.4, 0.5) is 0 Å². The highest BCUT2D eigenvalue weighted by Gasteiger charge is 2.16. The Kier molecular flexibility index (Phi) is 6.19. The fourth-order valence-electron chi connectivity index (χ4n) is 3.20. The lowest BCUT2D eigenvalue weighted by Crippen LogP contribution is -2.37. The van der Waals surface area contributed by atoms with E-state index in [0.717, 1.165) is 61.7 Å². The second kappa shape index (κ2) is 9.17. The lowest BCUT2D eigenvalue weighted by molar-refractivity contribution is 0.0410. The number of benzene rings is 2. The zero-order valence-electron chi connectivity index (χ0n) is 15.3. The first kappa shape index (κ1) is 18.2. The van der Waals surface area contributed by atoms with Crippen molar-refractivity contribution in [1.82, 2.24) is 19.7 Å². The summed E-state index contributed by atoms with van der Waals surface area (Å²) < 4.78 is 7.66. The largest absolute Gasteiger partial charge is 0.379 e. The summed E-state index contributed by atoms with van der Waals surface area (Å²) >= 11 is 1.78. The minimum atomic E-state index is 0.776. The minimum absolute atomic E-state index is 0.776. The van der Waals surface area contributed by atoms with Crippen LogP contribution in [0.15, 0.2) is 65.8 Å². The Hall–Kier alpha value is -2.15. The number of rotatable bonds is 7. The number of hydrogen-bond acceptors (Lipinski definition) is 5. The quantitative estimate of drug-likeness (QED) is 0.588. The minimum Gasteiger partial charge on any atom is -0.379 e. The average Bonchev–Trinajstić information content (AvgIpc) is 3.13. The third-order valence-electron chi connectivity index (χ3n) is 4.67. The average molecular weight is 381 g/mol. The molecule has 0 saturated carbocycles. The standard InChI is InChI=1S/C21H24N4OS/c1-3-7-18(8-4-1)17-25-20(19-9-5-2-6-10-19)22-23-21(25)27-16-13-24-11-14-26-15-12-24/h1-10H,11-17H2. The second-order valence-electron chi connectivity index (χ2n) is 6.55. The Morgan fingerprint density at radius 2 is 1.59 bits per heavy atom. The van der Waals surface area contributed by atoms with Crippen molar-refractivity contribution in [2.45, 2.75) is 11.7 Å². The van der Waals surface area contributed by atoms with Crippen LogP contribution in [0, 0.1) is 0 Å². The molecule has 1 aliphatic heterocycles. The number of hydrogen-bond donors (Lipinski definition) is 0. The molecule has 27 heavy (non-hydrogen) atoms. The van der Waals surface area contributed by atoms with Crippen molar-refractivity contribution in [2.75, 3.05) is 38.6 Å². The molecule has 5 nitrogen and oxygen atoms in total. The fraction of sp³-hybridized carbons (Fsp3) is 0.333. The zero-order chi connectivity index (χ0) is 18.3. The highest BCUT2D eigenvalue weighted by molar-refractivity contribution is 7.99. The Bertz CT molecular complexity index is 832. The summed E-state index contributed by atoms with van der Waals surface area (Å²) in [4.78, 5) is 2.45. The molecular weight excluding hydrogens is 356 g/mol. The van der Waals surface area contributed by atoms with E-state index in [9.17, 15) is 0 Å². The zero-order valence-corrected chi connectivity index (χ0v) is 16.1. The van der Waals surface area contributed by atoms with Crippen LogP contribution in [-0.2, 0) is 11.3 Å². The molecule has 0 bridgehead atoms. The summed E-state index contributed by atoms with van der Waals surface area (Å²) in [5, 5.41) is 9.99. The van der Waals surface area contributed by atoms with E-state index in [4.69, 9.17) is 4.74 Å². The van der Waals surface area contributed by atoms with Gasteiger partial charge >= 0.3 is 0 Å². The van der Waals surface area contributed by atoms with Gasteiger partial charge in [0.25, 0.3) is 0 Å². The molecular formula is C21H24N4OS. The van der Waals surface area contributed by atoms with E-state index < -0.39 is 0 Å². The van der Waals surface area contributed by atoms with Crippen LogP contribution >= 0.6 is 11.8 Å². The van der Waals surface area contributed by atoms with Crippen LogP contribution in [0.5, 0.6) is 0 Å². The van der Waals surface area contributed by atoms with E-state index in [-0.39, 0.29) is 0 Å². The van der Waals surface area contributed by atoms with Gasteiger partial charge in [0.05, 0.1) is 19.8 Å². The van der Waals surface area contributed by atoms with Crippen molar-refractivity contribution in [3.8, 4) is 11.4 Å². The van der Waals surface area contributed by atoms with Gasteiger partial charge in [-0.3, -0.25) is 9.47 Å². The monoisotopic (exact) mass is 380 g/mol. The molecule has 0 aliphatic carbocycles. The van der Waals surface area contributed by atoms with Gasteiger partial charge in [-0.15, -0.1) is 10.2 Å². The van der Waals surface area contributed by atoms with E-state index in [1.807, 2.05) is 24.3 Å². The summed E-state index contributed by atoms with van der Waals surface area (Å²) in [6.07, 6.45) is 0. The van der Waals surface area contributed by atoms with Gasteiger partial charge in [0.2, 0.25) is 0 Å². The molecule has 2 aromatic carbocycles. The SMILES string of the molecule is c1ccc(Cn2c(SCCN3CCOCC3)nnc2-c2ccccc2)cc1. The summed E-state index contributed by atoms with van der Waals surface area (Å²) in [6.45, 7) is 5.55. The Balaban J connectivity index is 1.52. The molecule has 0 atom stereocenters. The van der Waals surface area contributed by atoms with Crippen LogP contribution in [0.2, 0.25) is 0 Å². The summed E-state index contributed by atoms with van der Waals surface area (Å²) in [5.74, 6) is 1.93. The van der Waals surface area contributed by atoms with Gasteiger partial charge < -0.3 is 4.74 Å². The molecule has 1 fully saturated rings. The fourth-order valence-corrected chi connectivity index (χ4v) is 4.13. The third-order valence-corrected chi connectivity index (χ3v) is 5.62. The van der Waals surface area contributed by atoms with Gasteiger partial charge in [0.1, 0.15) is 0 Å². The summed E-state index contributed by atoms with van der Waals surface area (Å²) in [6, 6.07) is 20.8. The van der Waals surface area contributed by atoms with Gasteiger partial charge in [0.15, 0.2) is 11.0 Å². The second-order valence-corrected chi connectivity index (χ2v) is 7.61. The molecule has 4 rings (SSSR count). The molecule has 0 spiro atoms. The number of morpholine rings is 1. The van der Waals surface area contributed by atoms with Gasteiger partial charge in [-0.25, -0.2) is 0 Å². The van der Waals surface area contributed by atoms with Gasteiger partial charge in [0, 0.05) is 31.0 Å². The van der Waals surface area contributed by atoms with E-state index in [1.54, 1.807) is 11.8 Å². The van der Waals surface area contributed by atoms with Crippen molar-refractivity contribution in [3.63, 3.8) is 0 Å². The first-order valence-electron chi connectivity index (χ1n) is 9.35. The Morgan fingerprint density at radius 3 is 2.33 bits per heavy atom. The molecule has 0 N–H and O–H groups in total. The lowest BCUT2D eigenvalue weighted by atomic mass is 10.2. The topological polar surface area (TPSA) is 43.2 Å². The molecule has 0 unspecified atom stereocenters. The predicted octanol–water partition coefficient (Wildman–Crippen LogP) is 3.42. The van der Waals surface area contributed by atoms with Crippen molar-refractivity contribution in [2.24, 2.45) is 0 Å². The van der Waals surface area contributed by atoms with Crippen LogP contribution in [0.25, 0.3) is 11.4 Å². The molecule has 140 valence electrons. The molecule has 1 saturated heterocycles. The number of ether oxygens (including phenoxy) is 1. The Labute approximate surface area is 164 Å². The molecule has 2 heterocycles. The third kappa shape index (κ3) is 4.77. The summed E-state index contributed by atoms with van der Waals surface area (Å²) in [7, 11) is 0. The first-order valence-corrected chi connectivity index (χ1v) is 10.3. The normalized spacial score (nSPS) is 15.1. The van der Waals surface area contributed by atoms with Crippen LogP contribution < -0.4 is 0 Å². The number of aromatic nitrogens is 3. The Morgan fingerprint density at radius 1 is 0.889 bits per heavy atom. The maximum Gasteiger partial charge on any atom is 0.191 e. The molecule has 0 radical (unpaired) electrons. The number of nitrogens with zero attached hydrogens (tertiary/aromatic N) is 4. The highest BCUT2D eigenvalue weighted by Crippen LogP contribution is 2.25. The highest BCUT2D eigenvalue weighted by atomic mass is 32.2. The molecule has 3 aromatic rings. The maximum absolute atomic E-state index is 5.43.